The average Bonchev–Trinajstić information content (AvgIpc) is 2.62. The number of amides is 1. The van der Waals surface area contributed by atoms with Gasteiger partial charge in [-0.2, -0.15) is 5.26 Å². The van der Waals surface area contributed by atoms with E-state index in [0.717, 1.165) is 0 Å². The van der Waals surface area contributed by atoms with Crippen molar-refractivity contribution in [1.29, 1.82) is 5.26 Å². The second-order valence-corrected chi connectivity index (χ2v) is 7.44. The number of benzene rings is 1. The number of nitrogens with zero attached hydrogens (tertiary/aromatic N) is 2. The first-order chi connectivity index (χ1) is 12.3. The Balaban J connectivity index is 2.00. The smallest absolute Gasteiger partial charge is 0.314 e. The summed E-state index contributed by atoms with van der Waals surface area (Å²) in [6.07, 6.45) is 1.17. The predicted molar refractivity (Wildman–Crippen MR) is 96.7 cm³/mol. The van der Waals surface area contributed by atoms with Crippen molar-refractivity contribution in [3.8, 4) is 17.6 Å². The van der Waals surface area contributed by atoms with Gasteiger partial charge in [-0.15, -0.1) is 0 Å². The van der Waals surface area contributed by atoms with Crippen LogP contribution in [0.1, 0.15) is 46.1 Å². The molecule has 0 aromatic heterocycles. The molecule has 0 radical (unpaired) electrons. The highest BCUT2D eigenvalue weighted by Crippen LogP contribution is 2.30. The van der Waals surface area contributed by atoms with Gasteiger partial charge in [-0.05, 0) is 31.9 Å². The second kappa shape index (κ2) is 8.22. The van der Waals surface area contributed by atoms with Crippen LogP contribution >= 0.6 is 0 Å². The summed E-state index contributed by atoms with van der Waals surface area (Å²) < 4.78 is 11.0. The van der Waals surface area contributed by atoms with Gasteiger partial charge in [0.1, 0.15) is 0 Å². The van der Waals surface area contributed by atoms with E-state index in [1.54, 1.807) is 18.2 Å². The highest BCUT2D eigenvalue weighted by Gasteiger charge is 2.33. The molecule has 0 atom stereocenters. The molecule has 0 spiro atoms. The third-order valence-corrected chi connectivity index (χ3v) is 4.34. The molecular weight excluding hydrogens is 332 g/mol. The minimum atomic E-state index is -0.414. The fourth-order valence-electron chi connectivity index (χ4n) is 2.91. The third kappa shape index (κ3) is 4.75. The van der Waals surface area contributed by atoms with Crippen LogP contribution in [0.2, 0.25) is 0 Å². The van der Waals surface area contributed by atoms with Crippen LogP contribution in [0.3, 0.4) is 0 Å². The lowest BCUT2D eigenvalue weighted by Gasteiger charge is -2.34. The van der Waals surface area contributed by atoms with E-state index in [-0.39, 0.29) is 17.8 Å². The summed E-state index contributed by atoms with van der Waals surface area (Å²) in [7, 11) is 0. The molecule has 0 saturated carbocycles. The van der Waals surface area contributed by atoms with Crippen molar-refractivity contribution in [2.45, 2.75) is 40.5 Å². The zero-order chi connectivity index (χ0) is 19.3. The number of hydrogen-bond acceptors (Lipinski definition) is 5. The van der Waals surface area contributed by atoms with Crippen molar-refractivity contribution in [2.75, 3.05) is 19.7 Å². The van der Waals surface area contributed by atoms with Crippen LogP contribution in [0.25, 0.3) is 0 Å². The van der Waals surface area contributed by atoms with Crippen molar-refractivity contribution in [1.82, 2.24) is 4.90 Å². The number of rotatable bonds is 4. The van der Waals surface area contributed by atoms with Crippen molar-refractivity contribution >= 4 is 11.9 Å². The number of likely N-dealkylation sites (tertiary alicyclic amines) is 1. The van der Waals surface area contributed by atoms with E-state index >= 15 is 0 Å². The molecule has 0 N–H and O–H groups in total. The quantitative estimate of drug-likeness (QED) is 0.610. The Morgan fingerprint density at radius 3 is 2.42 bits per heavy atom. The zero-order valence-electron chi connectivity index (χ0n) is 15.9. The number of ether oxygens (including phenoxy) is 2. The van der Waals surface area contributed by atoms with Gasteiger partial charge in [-0.3, -0.25) is 9.59 Å². The molecule has 2 rings (SSSR count). The van der Waals surface area contributed by atoms with Gasteiger partial charge in [0, 0.05) is 24.6 Å². The number of esters is 1. The molecule has 1 aromatic carbocycles. The van der Waals surface area contributed by atoms with E-state index in [1.165, 1.54) is 0 Å². The molecule has 1 aliphatic rings. The summed E-state index contributed by atoms with van der Waals surface area (Å²) in [6.45, 7) is 9.05. The summed E-state index contributed by atoms with van der Waals surface area (Å²) in [5, 5.41) is 8.99. The number of nitriles is 1. The van der Waals surface area contributed by atoms with Crippen molar-refractivity contribution in [2.24, 2.45) is 11.3 Å². The Labute approximate surface area is 154 Å². The number of carbonyl (C=O) groups is 2. The van der Waals surface area contributed by atoms with Gasteiger partial charge < -0.3 is 14.4 Å². The largest absolute Gasteiger partial charge is 0.490 e. The minimum Gasteiger partial charge on any atom is -0.490 e. The van der Waals surface area contributed by atoms with Gasteiger partial charge in [0.05, 0.1) is 24.2 Å². The molecule has 1 aliphatic heterocycles. The van der Waals surface area contributed by atoms with Gasteiger partial charge in [0.15, 0.2) is 11.5 Å². The fourth-order valence-corrected chi connectivity index (χ4v) is 2.91. The molecule has 140 valence electrons. The molecular formula is C20H26N2O4. The van der Waals surface area contributed by atoms with E-state index < -0.39 is 5.41 Å². The Hall–Kier alpha value is -2.55. The topological polar surface area (TPSA) is 79.6 Å². The van der Waals surface area contributed by atoms with Crippen molar-refractivity contribution < 1.29 is 19.1 Å². The van der Waals surface area contributed by atoms with Crippen molar-refractivity contribution in [3.63, 3.8) is 0 Å². The number of piperidine rings is 1. The summed E-state index contributed by atoms with van der Waals surface area (Å²) in [4.78, 5) is 26.7. The third-order valence-electron chi connectivity index (χ3n) is 4.34. The van der Waals surface area contributed by atoms with E-state index in [4.69, 9.17) is 14.7 Å². The maximum atomic E-state index is 12.5. The maximum absolute atomic E-state index is 12.5. The normalized spacial score (nSPS) is 15.3. The van der Waals surface area contributed by atoms with Crippen LogP contribution < -0.4 is 9.47 Å². The van der Waals surface area contributed by atoms with Crippen LogP contribution in [0.5, 0.6) is 11.5 Å². The van der Waals surface area contributed by atoms with Gasteiger partial charge in [-0.1, -0.05) is 20.8 Å². The molecule has 6 heteroatoms. The molecule has 1 heterocycles. The molecule has 0 bridgehead atoms. The molecule has 0 aliphatic carbocycles. The summed E-state index contributed by atoms with van der Waals surface area (Å²) in [6, 6.07) is 6.78. The Bertz CT molecular complexity index is 708. The molecule has 26 heavy (non-hydrogen) atoms. The number of hydrogen-bond donors (Lipinski definition) is 0. The van der Waals surface area contributed by atoms with Crippen LogP contribution in [0.4, 0.5) is 0 Å². The Kier molecular flexibility index (Phi) is 6.25. The Morgan fingerprint density at radius 1 is 1.23 bits per heavy atom. The fraction of sp³-hybridized carbons (Fsp3) is 0.550. The van der Waals surface area contributed by atoms with Gasteiger partial charge in [0.2, 0.25) is 5.91 Å². The standard InChI is InChI=1S/C20H26N2O4/c1-5-25-17-12-14(13-21)6-7-16(17)26-18(23)15-8-10-22(11-9-15)19(24)20(2,3)4/h6-7,12,15H,5,8-11H2,1-4H3. The van der Waals surface area contributed by atoms with Crippen molar-refractivity contribution in [3.05, 3.63) is 23.8 Å². The summed E-state index contributed by atoms with van der Waals surface area (Å²) in [5.41, 5.74) is 0.0321. The molecule has 1 fully saturated rings. The molecule has 1 amide bonds. The monoisotopic (exact) mass is 358 g/mol. The molecule has 1 aromatic rings. The van der Waals surface area contributed by atoms with E-state index in [1.807, 2.05) is 38.7 Å². The highest BCUT2D eigenvalue weighted by molar-refractivity contribution is 5.82. The van der Waals surface area contributed by atoms with Crippen LogP contribution in [0.15, 0.2) is 18.2 Å². The van der Waals surface area contributed by atoms with E-state index in [2.05, 4.69) is 0 Å². The van der Waals surface area contributed by atoms with Gasteiger partial charge in [0.25, 0.3) is 0 Å². The summed E-state index contributed by atoms with van der Waals surface area (Å²) in [5.74, 6) is 0.252. The number of carbonyl (C=O) groups excluding carboxylic acids is 2. The lowest BCUT2D eigenvalue weighted by Crippen LogP contribution is -2.45. The molecule has 6 nitrogen and oxygen atoms in total. The molecule has 1 saturated heterocycles. The lowest BCUT2D eigenvalue weighted by atomic mass is 9.91. The average molecular weight is 358 g/mol. The minimum absolute atomic E-state index is 0.107. The van der Waals surface area contributed by atoms with Crippen LogP contribution in [-0.4, -0.2) is 36.5 Å². The molecule has 0 unspecified atom stereocenters. The van der Waals surface area contributed by atoms with Crippen LogP contribution in [0, 0.1) is 22.7 Å². The van der Waals surface area contributed by atoms with Gasteiger partial charge in [-0.25, -0.2) is 0 Å². The Morgan fingerprint density at radius 2 is 1.88 bits per heavy atom. The lowest BCUT2D eigenvalue weighted by molar-refractivity contribution is -0.146. The van der Waals surface area contributed by atoms with Gasteiger partial charge >= 0.3 is 5.97 Å². The predicted octanol–water partition coefficient (Wildman–Crippen LogP) is 3.15. The highest BCUT2D eigenvalue weighted by atomic mass is 16.6. The summed E-state index contributed by atoms with van der Waals surface area (Å²) >= 11 is 0. The first-order valence-corrected chi connectivity index (χ1v) is 8.94. The maximum Gasteiger partial charge on any atom is 0.314 e. The second-order valence-electron chi connectivity index (χ2n) is 7.44. The van der Waals surface area contributed by atoms with E-state index in [0.29, 0.717) is 49.6 Å². The first-order valence-electron chi connectivity index (χ1n) is 8.94. The van der Waals surface area contributed by atoms with Crippen LogP contribution in [-0.2, 0) is 9.59 Å². The zero-order valence-corrected chi connectivity index (χ0v) is 15.9. The van der Waals surface area contributed by atoms with E-state index in [9.17, 15) is 9.59 Å². The SMILES string of the molecule is CCOc1cc(C#N)ccc1OC(=O)C1CCN(C(=O)C(C)(C)C)CC1. The first kappa shape index (κ1) is 19.8.